The molecule has 2 aromatic carbocycles. The van der Waals surface area contributed by atoms with Gasteiger partial charge in [-0.25, -0.2) is 14.8 Å². The van der Waals surface area contributed by atoms with E-state index in [1.54, 1.807) is 12.1 Å². The molecule has 0 aliphatic heterocycles. The number of hydrogen-bond acceptors (Lipinski definition) is 4. The van der Waals surface area contributed by atoms with Crippen LogP contribution in [0.3, 0.4) is 0 Å². The van der Waals surface area contributed by atoms with Crippen LogP contribution in [-0.4, -0.2) is 32.2 Å². The Kier molecular flexibility index (Phi) is 6.27. The van der Waals surface area contributed by atoms with Crippen LogP contribution in [0.5, 0.6) is 0 Å². The normalized spacial score (nSPS) is 11.5. The number of methoxy groups -OCH3 is 1. The number of aromatic nitrogens is 4. The lowest BCUT2D eigenvalue weighted by Crippen LogP contribution is -2.09. The van der Waals surface area contributed by atoms with Crippen LogP contribution in [0.2, 0.25) is 10.0 Å². The average molecular weight is 521 g/mol. The van der Waals surface area contributed by atoms with Gasteiger partial charge in [-0.15, -0.1) is 0 Å². The maximum Gasteiger partial charge on any atom is 0.338 e. The molecule has 8 heteroatoms. The number of imidazole rings is 1. The number of ether oxygens (including phenoxy) is 1. The molecule has 3 heterocycles. The lowest BCUT2D eigenvalue weighted by atomic mass is 10.1. The molecule has 6 nitrogen and oxygen atoms in total. The number of rotatable bonds is 5. The Balaban J connectivity index is 1.60. The van der Waals surface area contributed by atoms with Gasteiger partial charge in [-0.3, -0.25) is 4.57 Å². The number of carbonyl (C=O) groups excluding carboxylic acids is 1. The van der Waals surface area contributed by atoms with Crippen LogP contribution >= 0.6 is 23.2 Å². The third-order valence-electron chi connectivity index (χ3n) is 6.88. The van der Waals surface area contributed by atoms with E-state index in [9.17, 15) is 4.79 Å². The molecule has 5 rings (SSSR count). The van der Waals surface area contributed by atoms with Gasteiger partial charge in [0.2, 0.25) is 0 Å². The summed E-state index contributed by atoms with van der Waals surface area (Å²) in [7, 11) is 1.35. The minimum Gasteiger partial charge on any atom is -0.465 e. The minimum atomic E-state index is -0.449. The third-order valence-corrected chi connectivity index (χ3v) is 7.60. The fourth-order valence-corrected chi connectivity index (χ4v) is 5.03. The molecule has 0 saturated heterocycles. The summed E-state index contributed by atoms with van der Waals surface area (Å²) in [6.45, 7) is 8.79. The zero-order chi connectivity index (χ0) is 25.7. The standard InChI is InChI=1S/C28H26Cl2N4O2/c1-6-25-32-26-16(3)15(2)17(4)31-27(26)34(25)20-7-8-24-18(11-20)9-10-33(24)14-19-12-22(29)23(30)13-21(19)28(35)36-5/h7-13H,6,14H2,1-5H3. The van der Waals surface area contributed by atoms with Gasteiger partial charge in [-0.1, -0.05) is 30.1 Å². The monoisotopic (exact) mass is 520 g/mol. The molecule has 0 fully saturated rings. The van der Waals surface area contributed by atoms with Gasteiger partial charge in [0.25, 0.3) is 0 Å². The predicted octanol–water partition coefficient (Wildman–Crippen LogP) is 7.00. The van der Waals surface area contributed by atoms with Crippen molar-refractivity contribution in [1.82, 2.24) is 19.1 Å². The molecule has 0 radical (unpaired) electrons. The number of aryl methyl sites for hydroxylation is 3. The van der Waals surface area contributed by atoms with E-state index in [2.05, 4.69) is 54.2 Å². The largest absolute Gasteiger partial charge is 0.465 e. The Morgan fingerprint density at radius 1 is 1.00 bits per heavy atom. The quantitative estimate of drug-likeness (QED) is 0.234. The molecule has 3 aromatic heterocycles. The van der Waals surface area contributed by atoms with Crippen LogP contribution in [0.4, 0.5) is 0 Å². The maximum atomic E-state index is 12.4. The van der Waals surface area contributed by atoms with Crippen molar-refractivity contribution >= 4 is 51.2 Å². The molecule has 0 N–H and O–H groups in total. The van der Waals surface area contributed by atoms with E-state index < -0.39 is 5.97 Å². The number of fused-ring (bicyclic) bond motifs is 2. The molecule has 0 bridgehead atoms. The van der Waals surface area contributed by atoms with Crippen molar-refractivity contribution in [3.63, 3.8) is 0 Å². The summed E-state index contributed by atoms with van der Waals surface area (Å²) in [6, 6.07) is 11.7. The van der Waals surface area contributed by atoms with E-state index >= 15 is 0 Å². The van der Waals surface area contributed by atoms with Crippen LogP contribution in [0.15, 0.2) is 42.6 Å². The van der Waals surface area contributed by atoms with Crippen molar-refractivity contribution in [3.8, 4) is 5.69 Å². The second-order valence-corrected chi connectivity index (χ2v) is 9.75. The van der Waals surface area contributed by atoms with Crippen LogP contribution in [0.25, 0.3) is 27.8 Å². The molecule has 36 heavy (non-hydrogen) atoms. The van der Waals surface area contributed by atoms with Gasteiger partial charge in [0.1, 0.15) is 11.3 Å². The summed E-state index contributed by atoms with van der Waals surface area (Å²) >= 11 is 12.4. The molecule has 184 valence electrons. The summed E-state index contributed by atoms with van der Waals surface area (Å²) in [4.78, 5) is 22.2. The summed E-state index contributed by atoms with van der Waals surface area (Å²) in [6.07, 6.45) is 2.79. The molecule has 5 aromatic rings. The highest BCUT2D eigenvalue weighted by molar-refractivity contribution is 6.42. The van der Waals surface area contributed by atoms with E-state index in [-0.39, 0.29) is 0 Å². The fourth-order valence-electron chi connectivity index (χ4n) is 4.68. The second-order valence-electron chi connectivity index (χ2n) is 8.94. The van der Waals surface area contributed by atoms with E-state index in [0.29, 0.717) is 22.2 Å². The summed E-state index contributed by atoms with van der Waals surface area (Å²) in [5, 5.41) is 1.78. The number of hydrogen-bond donors (Lipinski definition) is 0. The molecule has 0 aliphatic carbocycles. The summed E-state index contributed by atoms with van der Waals surface area (Å²) in [5.41, 5.74) is 8.36. The predicted molar refractivity (Wildman–Crippen MR) is 145 cm³/mol. The Morgan fingerprint density at radius 3 is 2.47 bits per heavy atom. The summed E-state index contributed by atoms with van der Waals surface area (Å²) < 4.78 is 9.18. The molecule has 0 amide bonds. The number of nitrogens with zero attached hydrogens (tertiary/aromatic N) is 4. The topological polar surface area (TPSA) is 61.9 Å². The Morgan fingerprint density at radius 2 is 1.75 bits per heavy atom. The smallest absolute Gasteiger partial charge is 0.338 e. The number of esters is 1. The van der Waals surface area contributed by atoms with Crippen molar-refractivity contribution in [2.45, 2.75) is 40.7 Å². The number of benzene rings is 2. The minimum absolute atomic E-state index is 0.316. The Labute approximate surface area is 219 Å². The van der Waals surface area contributed by atoms with Gasteiger partial charge < -0.3 is 9.30 Å². The van der Waals surface area contributed by atoms with Crippen LogP contribution < -0.4 is 0 Å². The fraction of sp³-hybridized carbons (Fsp3) is 0.250. The van der Waals surface area contributed by atoms with E-state index in [0.717, 1.165) is 51.3 Å². The zero-order valence-corrected chi connectivity index (χ0v) is 22.3. The van der Waals surface area contributed by atoms with Crippen LogP contribution in [0.1, 0.15) is 45.5 Å². The van der Waals surface area contributed by atoms with E-state index in [1.165, 1.54) is 18.2 Å². The average Bonchev–Trinajstić information content (AvgIpc) is 3.44. The van der Waals surface area contributed by atoms with E-state index in [1.807, 2.05) is 13.1 Å². The van der Waals surface area contributed by atoms with Crippen LogP contribution in [0, 0.1) is 20.8 Å². The highest BCUT2D eigenvalue weighted by Gasteiger charge is 2.19. The van der Waals surface area contributed by atoms with Crippen molar-refractivity contribution in [2.75, 3.05) is 7.11 Å². The third kappa shape index (κ3) is 3.94. The number of carbonyl (C=O) groups is 1. The van der Waals surface area contributed by atoms with Crippen molar-refractivity contribution in [1.29, 1.82) is 0 Å². The first-order valence-corrected chi connectivity index (χ1v) is 12.5. The highest BCUT2D eigenvalue weighted by Crippen LogP contribution is 2.30. The molecule has 0 spiro atoms. The lowest BCUT2D eigenvalue weighted by molar-refractivity contribution is 0.0599. The Hall–Kier alpha value is -3.35. The first-order chi connectivity index (χ1) is 17.2. The molecule has 0 unspecified atom stereocenters. The first kappa shape index (κ1) is 24.3. The highest BCUT2D eigenvalue weighted by atomic mass is 35.5. The van der Waals surface area contributed by atoms with Crippen molar-refractivity contribution < 1.29 is 9.53 Å². The van der Waals surface area contributed by atoms with Gasteiger partial charge in [0.15, 0.2) is 5.65 Å². The number of pyridine rings is 1. The first-order valence-electron chi connectivity index (χ1n) is 11.7. The van der Waals surface area contributed by atoms with Gasteiger partial charge in [0.05, 0.1) is 22.7 Å². The van der Waals surface area contributed by atoms with Gasteiger partial charge in [-0.05, 0) is 73.9 Å². The molecule has 0 atom stereocenters. The van der Waals surface area contributed by atoms with E-state index in [4.69, 9.17) is 37.9 Å². The van der Waals surface area contributed by atoms with Gasteiger partial charge in [0, 0.05) is 41.4 Å². The lowest BCUT2D eigenvalue weighted by Gasteiger charge is -2.13. The zero-order valence-electron chi connectivity index (χ0n) is 20.8. The summed E-state index contributed by atoms with van der Waals surface area (Å²) in [5.74, 6) is 0.526. The molecular formula is C28H26Cl2N4O2. The SMILES string of the molecule is CCc1nc2c(C)c(C)c(C)nc2n1-c1ccc2c(ccn2Cc2cc(Cl)c(Cl)cc2C(=O)OC)c1. The Bertz CT molecular complexity index is 1670. The molecule has 0 saturated carbocycles. The molecular weight excluding hydrogens is 495 g/mol. The van der Waals surface area contributed by atoms with Gasteiger partial charge >= 0.3 is 5.97 Å². The van der Waals surface area contributed by atoms with Crippen molar-refractivity contribution in [2.24, 2.45) is 0 Å². The van der Waals surface area contributed by atoms with Crippen molar-refractivity contribution in [3.05, 3.63) is 86.4 Å². The molecule has 0 aliphatic rings. The van der Waals surface area contributed by atoms with Gasteiger partial charge in [-0.2, -0.15) is 0 Å². The maximum absolute atomic E-state index is 12.4. The van der Waals surface area contributed by atoms with Crippen LogP contribution in [-0.2, 0) is 17.7 Å². The number of halogens is 2. The second kappa shape index (κ2) is 9.26.